The van der Waals surface area contributed by atoms with Crippen LogP contribution in [0.15, 0.2) is 76.0 Å². The van der Waals surface area contributed by atoms with Gasteiger partial charge < -0.3 is 9.47 Å². The SMILES string of the molecule is CCOc1cc(/C=c2/sc3n(c2=O)[C@H](c2ccc(F)cc2)C2=C(N=3)c3ccccc3CC2)cc(I)c1OC(C)=O. The summed E-state index contributed by atoms with van der Waals surface area (Å²) in [6, 6.07) is 17.8. The number of hydrogen-bond acceptors (Lipinski definition) is 6. The molecule has 0 amide bonds. The van der Waals surface area contributed by atoms with Crippen molar-refractivity contribution in [3.63, 3.8) is 0 Å². The lowest BCUT2D eigenvalue weighted by atomic mass is 9.83. The van der Waals surface area contributed by atoms with Crippen molar-refractivity contribution in [3.05, 3.63) is 118 Å². The number of hydrogen-bond donors (Lipinski definition) is 0. The van der Waals surface area contributed by atoms with Gasteiger partial charge in [-0.05, 0) is 95.0 Å². The number of aryl methyl sites for hydroxylation is 1. The second-order valence-electron chi connectivity index (χ2n) is 9.52. The first-order valence-corrected chi connectivity index (χ1v) is 14.8. The molecule has 1 aliphatic carbocycles. The van der Waals surface area contributed by atoms with Crippen LogP contribution >= 0.6 is 33.9 Å². The van der Waals surface area contributed by atoms with E-state index in [4.69, 9.17) is 14.5 Å². The molecular formula is C31H24FIN2O4S. The fourth-order valence-electron chi connectivity index (χ4n) is 5.30. The largest absolute Gasteiger partial charge is 0.490 e. The van der Waals surface area contributed by atoms with Crippen molar-refractivity contribution >= 4 is 51.7 Å². The number of fused-ring (bicyclic) bond motifs is 3. The van der Waals surface area contributed by atoms with Gasteiger partial charge >= 0.3 is 5.97 Å². The molecule has 1 atom stereocenters. The summed E-state index contributed by atoms with van der Waals surface area (Å²) in [6.45, 7) is 3.58. The maximum atomic E-state index is 14.0. The molecule has 0 unspecified atom stereocenters. The van der Waals surface area contributed by atoms with Crippen molar-refractivity contribution in [3.8, 4) is 11.5 Å². The van der Waals surface area contributed by atoms with Gasteiger partial charge in [0.1, 0.15) is 5.82 Å². The predicted octanol–water partition coefficient (Wildman–Crippen LogP) is 5.39. The summed E-state index contributed by atoms with van der Waals surface area (Å²) in [5.41, 5.74) is 5.67. The predicted molar refractivity (Wildman–Crippen MR) is 161 cm³/mol. The third-order valence-corrected chi connectivity index (χ3v) is 8.72. The number of thiazole rings is 1. The summed E-state index contributed by atoms with van der Waals surface area (Å²) in [5, 5.41) is 0. The maximum absolute atomic E-state index is 14.0. The van der Waals surface area contributed by atoms with Crippen LogP contribution in [0, 0.1) is 9.39 Å². The fraction of sp³-hybridized carbons (Fsp3) is 0.194. The van der Waals surface area contributed by atoms with Crippen molar-refractivity contribution in [1.82, 2.24) is 4.57 Å². The zero-order valence-corrected chi connectivity index (χ0v) is 24.7. The molecule has 0 saturated carbocycles. The van der Waals surface area contributed by atoms with Crippen molar-refractivity contribution in [1.29, 1.82) is 0 Å². The maximum Gasteiger partial charge on any atom is 0.308 e. The number of rotatable bonds is 5. The average Bonchev–Trinajstić information content (AvgIpc) is 3.24. The Morgan fingerprint density at radius 2 is 1.95 bits per heavy atom. The molecule has 0 fully saturated rings. The lowest BCUT2D eigenvalue weighted by Gasteiger charge is -2.30. The van der Waals surface area contributed by atoms with E-state index in [1.165, 1.54) is 36.0 Å². The van der Waals surface area contributed by atoms with Crippen LogP contribution in [-0.2, 0) is 11.2 Å². The molecule has 0 bridgehead atoms. The minimum Gasteiger partial charge on any atom is -0.490 e. The highest BCUT2D eigenvalue weighted by Crippen LogP contribution is 2.41. The molecule has 1 aromatic heterocycles. The molecule has 0 saturated heterocycles. The molecule has 6 nitrogen and oxygen atoms in total. The molecule has 0 N–H and O–H groups in total. The van der Waals surface area contributed by atoms with E-state index in [0.717, 1.165) is 40.8 Å². The molecule has 40 heavy (non-hydrogen) atoms. The van der Waals surface area contributed by atoms with Gasteiger partial charge in [-0.1, -0.05) is 47.7 Å². The Morgan fingerprint density at radius 1 is 1.18 bits per heavy atom. The van der Waals surface area contributed by atoms with Gasteiger partial charge in [-0.15, -0.1) is 0 Å². The van der Waals surface area contributed by atoms with E-state index in [1.54, 1.807) is 22.8 Å². The number of carbonyl (C=O) groups excluding carboxylic acids is 1. The fourth-order valence-corrected chi connectivity index (χ4v) is 7.03. The van der Waals surface area contributed by atoms with E-state index in [1.807, 2.05) is 31.2 Å². The Morgan fingerprint density at radius 3 is 2.70 bits per heavy atom. The van der Waals surface area contributed by atoms with Gasteiger partial charge in [-0.2, -0.15) is 0 Å². The quantitative estimate of drug-likeness (QED) is 0.163. The second kappa shape index (κ2) is 10.8. The van der Waals surface area contributed by atoms with E-state index in [0.29, 0.717) is 31.0 Å². The first kappa shape index (κ1) is 26.6. The van der Waals surface area contributed by atoms with Crippen LogP contribution in [0.3, 0.4) is 0 Å². The smallest absolute Gasteiger partial charge is 0.308 e. The molecule has 1 aliphatic heterocycles. The Hall–Kier alpha value is -3.57. The summed E-state index contributed by atoms with van der Waals surface area (Å²) in [4.78, 5) is 31.2. The topological polar surface area (TPSA) is 69.9 Å². The second-order valence-corrected chi connectivity index (χ2v) is 11.7. The van der Waals surface area contributed by atoms with Crippen LogP contribution in [0.1, 0.15) is 48.6 Å². The molecule has 202 valence electrons. The molecule has 3 aromatic carbocycles. The lowest BCUT2D eigenvalue weighted by molar-refractivity contribution is -0.132. The highest BCUT2D eigenvalue weighted by atomic mass is 127. The zero-order valence-electron chi connectivity index (χ0n) is 21.7. The number of allylic oxidation sites excluding steroid dienone is 1. The van der Waals surface area contributed by atoms with E-state index in [2.05, 4.69) is 34.7 Å². The van der Waals surface area contributed by atoms with Crippen molar-refractivity contribution in [2.75, 3.05) is 6.61 Å². The van der Waals surface area contributed by atoms with Gasteiger partial charge in [-0.25, -0.2) is 9.38 Å². The Kier molecular flexibility index (Phi) is 7.18. The Bertz CT molecular complexity index is 1870. The van der Waals surface area contributed by atoms with E-state index in [-0.39, 0.29) is 17.4 Å². The first-order valence-electron chi connectivity index (χ1n) is 12.9. The molecule has 9 heteroatoms. The monoisotopic (exact) mass is 666 g/mol. The van der Waals surface area contributed by atoms with Crippen LogP contribution in [0.5, 0.6) is 11.5 Å². The molecule has 0 spiro atoms. The van der Waals surface area contributed by atoms with Gasteiger partial charge in [0.2, 0.25) is 0 Å². The highest BCUT2D eigenvalue weighted by molar-refractivity contribution is 14.1. The van der Waals surface area contributed by atoms with E-state index in [9.17, 15) is 14.0 Å². The van der Waals surface area contributed by atoms with Crippen LogP contribution in [0.25, 0.3) is 11.8 Å². The van der Waals surface area contributed by atoms with E-state index < -0.39 is 5.97 Å². The minimum atomic E-state index is -0.439. The van der Waals surface area contributed by atoms with Gasteiger partial charge in [0, 0.05) is 12.5 Å². The van der Waals surface area contributed by atoms with Crippen molar-refractivity contribution in [2.24, 2.45) is 4.99 Å². The Balaban J connectivity index is 1.55. The number of aromatic nitrogens is 1. The van der Waals surface area contributed by atoms with Crippen LogP contribution in [0.2, 0.25) is 0 Å². The Labute approximate surface area is 247 Å². The minimum absolute atomic E-state index is 0.166. The molecule has 2 aliphatic rings. The molecule has 2 heterocycles. The molecular weight excluding hydrogens is 642 g/mol. The van der Waals surface area contributed by atoms with Crippen molar-refractivity contribution in [2.45, 2.75) is 32.7 Å². The third-order valence-electron chi connectivity index (χ3n) is 6.93. The highest BCUT2D eigenvalue weighted by Gasteiger charge is 2.32. The average molecular weight is 667 g/mol. The molecule has 4 aromatic rings. The van der Waals surface area contributed by atoms with Crippen LogP contribution in [-0.4, -0.2) is 17.1 Å². The summed E-state index contributed by atoms with van der Waals surface area (Å²) >= 11 is 3.42. The van der Waals surface area contributed by atoms with Gasteiger partial charge in [0.15, 0.2) is 16.3 Å². The van der Waals surface area contributed by atoms with Crippen LogP contribution < -0.4 is 24.4 Å². The van der Waals surface area contributed by atoms with E-state index >= 15 is 0 Å². The summed E-state index contributed by atoms with van der Waals surface area (Å²) in [7, 11) is 0. The number of ether oxygens (including phenoxy) is 2. The zero-order chi connectivity index (χ0) is 28.0. The summed E-state index contributed by atoms with van der Waals surface area (Å²) in [5.74, 6) is 0.0265. The number of nitrogens with zero attached hydrogens (tertiary/aromatic N) is 2. The van der Waals surface area contributed by atoms with Crippen molar-refractivity contribution < 1.29 is 18.7 Å². The first-order chi connectivity index (χ1) is 19.3. The van der Waals surface area contributed by atoms with Gasteiger partial charge in [-0.3, -0.25) is 14.2 Å². The lowest BCUT2D eigenvalue weighted by Crippen LogP contribution is -2.38. The summed E-state index contributed by atoms with van der Waals surface area (Å²) < 4.78 is 28.0. The molecule has 0 radical (unpaired) electrons. The van der Waals surface area contributed by atoms with Crippen LogP contribution in [0.4, 0.5) is 4.39 Å². The number of esters is 1. The number of halogens is 2. The normalized spacial score (nSPS) is 16.1. The van der Waals surface area contributed by atoms with Gasteiger partial charge in [0.25, 0.3) is 5.56 Å². The van der Waals surface area contributed by atoms with Gasteiger partial charge in [0.05, 0.1) is 26.4 Å². The third kappa shape index (κ3) is 4.81. The standard InChI is InChI=1S/C31H24FIN2O4S/c1-3-38-25-15-18(14-24(33)29(25)39-17(2)36)16-26-30(37)35-28(20-8-11-21(32)12-9-20)23-13-10-19-6-4-5-7-22(19)27(23)34-31(35)40-26/h4-9,11-12,14-16,28H,3,10,13H2,1-2H3/b26-16+/t28-/m1/s1. The molecule has 6 rings (SSSR count). The number of carbonyl (C=O) groups is 1. The number of benzene rings is 3. The summed E-state index contributed by atoms with van der Waals surface area (Å²) in [6.07, 6.45) is 3.42.